The molecule has 124 valence electrons. The van der Waals surface area contributed by atoms with Gasteiger partial charge >= 0.3 is 5.97 Å². The molecule has 1 heterocycles. The van der Waals surface area contributed by atoms with Gasteiger partial charge in [0, 0.05) is 18.0 Å². The Balaban J connectivity index is 2.17. The third kappa shape index (κ3) is 4.42. The number of unbranched alkanes of at least 4 members (excludes halogenated alkanes) is 2. The van der Waals surface area contributed by atoms with Crippen LogP contribution in [0.3, 0.4) is 0 Å². The average Bonchev–Trinajstić information content (AvgIpc) is 2.61. The van der Waals surface area contributed by atoms with Crippen LogP contribution in [0.5, 0.6) is 0 Å². The molecule has 0 aliphatic heterocycles. The van der Waals surface area contributed by atoms with Gasteiger partial charge in [-0.15, -0.1) is 0 Å². The Bertz CT molecular complexity index is 730. The van der Waals surface area contributed by atoms with E-state index in [0.717, 1.165) is 36.0 Å². The second-order valence-electron chi connectivity index (χ2n) is 6.05. The second kappa shape index (κ2) is 8.26. The van der Waals surface area contributed by atoms with Gasteiger partial charge in [-0.2, -0.15) is 0 Å². The number of hydrogen-bond donors (Lipinski definition) is 1. The van der Waals surface area contributed by atoms with Gasteiger partial charge in [-0.1, -0.05) is 50.2 Å². The summed E-state index contributed by atoms with van der Waals surface area (Å²) < 4.78 is 0. The quantitative estimate of drug-likeness (QED) is 0.649. The Labute approximate surface area is 143 Å². The maximum absolute atomic E-state index is 11.8. The van der Waals surface area contributed by atoms with Crippen molar-refractivity contribution in [3.05, 3.63) is 59.7 Å². The number of carboxylic acid groups (broad SMARTS) is 1. The lowest BCUT2D eigenvalue weighted by Gasteiger charge is -2.25. The van der Waals surface area contributed by atoms with E-state index in [0.29, 0.717) is 6.42 Å². The van der Waals surface area contributed by atoms with Gasteiger partial charge in [-0.25, -0.2) is 9.97 Å². The van der Waals surface area contributed by atoms with Crippen molar-refractivity contribution in [2.75, 3.05) is 0 Å². The Hall–Kier alpha value is -2.67. The Kier molecular flexibility index (Phi) is 6.08. The maximum Gasteiger partial charge on any atom is 0.313 e. The molecule has 1 unspecified atom stereocenters. The molecule has 4 nitrogen and oxygen atoms in total. The molecule has 1 atom stereocenters. The van der Waals surface area contributed by atoms with Gasteiger partial charge in [0.15, 0.2) is 0 Å². The van der Waals surface area contributed by atoms with Crippen molar-refractivity contribution in [1.82, 2.24) is 9.97 Å². The molecule has 4 heteroatoms. The molecule has 1 N–H and O–H groups in total. The van der Waals surface area contributed by atoms with Crippen LogP contribution < -0.4 is 0 Å². The van der Waals surface area contributed by atoms with E-state index in [9.17, 15) is 9.90 Å². The minimum absolute atomic E-state index is 0.641. The van der Waals surface area contributed by atoms with Crippen LogP contribution in [0.15, 0.2) is 43.0 Å². The summed E-state index contributed by atoms with van der Waals surface area (Å²) in [4.78, 5) is 19.6. The first-order valence-electron chi connectivity index (χ1n) is 8.17. The van der Waals surface area contributed by atoms with Crippen molar-refractivity contribution in [2.45, 2.75) is 44.9 Å². The summed E-state index contributed by atoms with van der Waals surface area (Å²) in [5.74, 6) is 5.26. The Morgan fingerprint density at radius 3 is 2.29 bits per heavy atom. The molecule has 2 rings (SSSR count). The topological polar surface area (TPSA) is 63.1 Å². The summed E-state index contributed by atoms with van der Waals surface area (Å²) in [6.45, 7) is 3.91. The molecular formula is C20H22N2O2. The zero-order chi connectivity index (χ0) is 17.4. The maximum atomic E-state index is 11.8. The van der Waals surface area contributed by atoms with E-state index >= 15 is 0 Å². The molecule has 0 spiro atoms. The summed E-state index contributed by atoms with van der Waals surface area (Å²) in [7, 11) is 0. The summed E-state index contributed by atoms with van der Waals surface area (Å²) in [6.07, 6.45) is 8.45. The van der Waals surface area contributed by atoms with Crippen LogP contribution in [0.2, 0.25) is 0 Å². The van der Waals surface area contributed by atoms with E-state index < -0.39 is 11.4 Å². The van der Waals surface area contributed by atoms with E-state index in [1.165, 1.54) is 6.33 Å². The highest BCUT2D eigenvalue weighted by Crippen LogP contribution is 2.30. The fourth-order valence-corrected chi connectivity index (χ4v) is 2.53. The zero-order valence-electron chi connectivity index (χ0n) is 14.1. The van der Waals surface area contributed by atoms with Gasteiger partial charge in [0.05, 0.1) is 11.0 Å². The molecule has 24 heavy (non-hydrogen) atoms. The van der Waals surface area contributed by atoms with Gasteiger partial charge in [0.25, 0.3) is 0 Å². The lowest BCUT2D eigenvalue weighted by atomic mass is 9.78. The fourth-order valence-electron chi connectivity index (χ4n) is 2.53. The number of hydrogen-bond acceptors (Lipinski definition) is 3. The van der Waals surface area contributed by atoms with Crippen LogP contribution in [0, 0.1) is 11.8 Å². The van der Waals surface area contributed by atoms with Crippen LogP contribution in [-0.2, 0) is 10.2 Å². The Morgan fingerprint density at radius 2 is 1.71 bits per heavy atom. The van der Waals surface area contributed by atoms with E-state index in [4.69, 9.17) is 0 Å². The van der Waals surface area contributed by atoms with Crippen LogP contribution in [0.1, 0.15) is 56.2 Å². The van der Waals surface area contributed by atoms with Gasteiger partial charge in [-0.05, 0) is 31.0 Å². The highest BCUT2D eigenvalue weighted by atomic mass is 16.4. The molecule has 0 fully saturated rings. The van der Waals surface area contributed by atoms with Crippen molar-refractivity contribution in [3.63, 3.8) is 0 Å². The minimum Gasteiger partial charge on any atom is -0.481 e. The summed E-state index contributed by atoms with van der Waals surface area (Å²) in [5.41, 5.74) is 1.55. The van der Waals surface area contributed by atoms with Crippen molar-refractivity contribution in [1.29, 1.82) is 0 Å². The van der Waals surface area contributed by atoms with Gasteiger partial charge in [0.2, 0.25) is 0 Å². The number of carboxylic acids is 1. The predicted molar refractivity (Wildman–Crippen MR) is 93.6 cm³/mol. The van der Waals surface area contributed by atoms with Crippen LogP contribution in [0.4, 0.5) is 0 Å². The van der Waals surface area contributed by atoms with Crippen molar-refractivity contribution in [3.8, 4) is 11.8 Å². The smallest absolute Gasteiger partial charge is 0.313 e. The van der Waals surface area contributed by atoms with Gasteiger partial charge < -0.3 is 5.11 Å². The molecular weight excluding hydrogens is 300 g/mol. The first-order chi connectivity index (χ1) is 11.6. The van der Waals surface area contributed by atoms with Crippen molar-refractivity contribution >= 4 is 5.97 Å². The standard InChI is InChI=1S/C20H22N2O2/c1-3-4-5-12-20(2,19(23)24)18-10-8-16(9-11-18)6-7-17-13-21-15-22-14-17/h8-11,13-15H,3-5,12H2,1-2H3,(H,23,24). The summed E-state index contributed by atoms with van der Waals surface area (Å²) >= 11 is 0. The number of aliphatic carboxylic acids is 1. The highest BCUT2D eigenvalue weighted by Gasteiger charge is 2.34. The minimum atomic E-state index is -0.853. The largest absolute Gasteiger partial charge is 0.481 e. The first kappa shape index (κ1) is 17.7. The van der Waals surface area contributed by atoms with E-state index in [1.807, 2.05) is 24.3 Å². The molecule has 1 aromatic heterocycles. The average molecular weight is 322 g/mol. The molecule has 2 aromatic rings. The zero-order valence-corrected chi connectivity index (χ0v) is 14.1. The molecule has 0 saturated heterocycles. The third-order valence-corrected chi connectivity index (χ3v) is 4.19. The van der Waals surface area contributed by atoms with E-state index in [2.05, 4.69) is 28.7 Å². The SMILES string of the molecule is CCCCCC(C)(C(=O)O)c1ccc(C#Cc2cncnc2)cc1. The van der Waals surface area contributed by atoms with Crippen LogP contribution in [-0.4, -0.2) is 21.0 Å². The number of benzene rings is 1. The lowest BCUT2D eigenvalue weighted by Crippen LogP contribution is -2.32. The normalized spacial score (nSPS) is 12.8. The van der Waals surface area contributed by atoms with Crippen LogP contribution in [0.25, 0.3) is 0 Å². The van der Waals surface area contributed by atoms with E-state index in [1.54, 1.807) is 19.3 Å². The molecule has 0 bridgehead atoms. The van der Waals surface area contributed by atoms with E-state index in [-0.39, 0.29) is 0 Å². The fraction of sp³-hybridized carbons (Fsp3) is 0.350. The second-order valence-corrected chi connectivity index (χ2v) is 6.05. The van der Waals surface area contributed by atoms with Gasteiger partial charge in [0.1, 0.15) is 6.33 Å². The summed E-state index contributed by atoms with van der Waals surface area (Å²) in [6, 6.07) is 7.47. The number of aromatic nitrogens is 2. The molecule has 1 aromatic carbocycles. The summed E-state index contributed by atoms with van der Waals surface area (Å²) in [5, 5.41) is 9.66. The highest BCUT2D eigenvalue weighted by molar-refractivity contribution is 5.80. The molecule has 0 aliphatic rings. The number of rotatable bonds is 6. The van der Waals surface area contributed by atoms with Gasteiger partial charge in [-0.3, -0.25) is 4.79 Å². The molecule has 0 aliphatic carbocycles. The first-order valence-corrected chi connectivity index (χ1v) is 8.17. The molecule has 0 radical (unpaired) electrons. The van der Waals surface area contributed by atoms with Crippen LogP contribution >= 0.6 is 0 Å². The molecule has 0 saturated carbocycles. The Morgan fingerprint density at radius 1 is 1.08 bits per heavy atom. The van der Waals surface area contributed by atoms with Crippen molar-refractivity contribution < 1.29 is 9.90 Å². The van der Waals surface area contributed by atoms with Crippen molar-refractivity contribution in [2.24, 2.45) is 0 Å². The molecule has 0 amide bonds. The number of nitrogens with zero attached hydrogens (tertiary/aromatic N) is 2. The third-order valence-electron chi connectivity index (χ3n) is 4.19. The lowest BCUT2D eigenvalue weighted by molar-refractivity contribution is -0.143. The monoisotopic (exact) mass is 322 g/mol. The number of carbonyl (C=O) groups is 1. The predicted octanol–water partition coefficient (Wildman–Crippen LogP) is 3.80.